The van der Waals surface area contributed by atoms with Gasteiger partial charge < -0.3 is 15.3 Å². The first-order chi connectivity index (χ1) is 9.93. The third-order valence-electron chi connectivity index (χ3n) is 4.24. The molecule has 0 unspecified atom stereocenters. The van der Waals surface area contributed by atoms with E-state index in [9.17, 15) is 9.90 Å². The lowest BCUT2D eigenvalue weighted by molar-refractivity contribution is -0.125. The van der Waals surface area contributed by atoms with Gasteiger partial charge in [-0.1, -0.05) is 6.08 Å². The number of piperidine rings is 1. The Labute approximate surface area is 129 Å². The van der Waals surface area contributed by atoms with Gasteiger partial charge in [0.25, 0.3) is 0 Å². The van der Waals surface area contributed by atoms with Crippen molar-refractivity contribution in [1.82, 2.24) is 15.1 Å². The molecule has 21 heavy (non-hydrogen) atoms. The van der Waals surface area contributed by atoms with Gasteiger partial charge in [-0.2, -0.15) is 0 Å². The number of rotatable bonds is 8. The first-order valence-corrected chi connectivity index (χ1v) is 7.93. The number of likely N-dealkylation sites (tertiary alicyclic amines) is 1. The van der Waals surface area contributed by atoms with E-state index in [-0.39, 0.29) is 18.1 Å². The van der Waals surface area contributed by atoms with E-state index in [1.807, 2.05) is 20.9 Å². The zero-order valence-corrected chi connectivity index (χ0v) is 13.7. The number of nitrogens with one attached hydrogen (secondary N) is 1. The summed E-state index contributed by atoms with van der Waals surface area (Å²) >= 11 is 0. The van der Waals surface area contributed by atoms with Crippen LogP contribution in [-0.2, 0) is 4.79 Å². The van der Waals surface area contributed by atoms with Crippen LogP contribution in [0.5, 0.6) is 0 Å². The highest BCUT2D eigenvalue weighted by molar-refractivity contribution is 5.81. The van der Waals surface area contributed by atoms with Crippen LogP contribution in [0.4, 0.5) is 0 Å². The Bertz CT molecular complexity index is 325. The van der Waals surface area contributed by atoms with Crippen molar-refractivity contribution >= 4 is 5.91 Å². The lowest BCUT2D eigenvalue weighted by atomic mass is 9.95. The zero-order chi connectivity index (χ0) is 15.8. The minimum atomic E-state index is -0.252. The average Bonchev–Trinajstić information content (AvgIpc) is 2.45. The predicted octanol–water partition coefficient (Wildman–Crippen LogP) is 0.702. The molecule has 2 atom stereocenters. The number of nitrogens with zero attached hydrogens (tertiary/aromatic N) is 2. The van der Waals surface area contributed by atoms with E-state index < -0.39 is 0 Å². The van der Waals surface area contributed by atoms with E-state index in [1.54, 1.807) is 6.08 Å². The van der Waals surface area contributed by atoms with E-state index >= 15 is 0 Å². The summed E-state index contributed by atoms with van der Waals surface area (Å²) < 4.78 is 0. The van der Waals surface area contributed by atoms with Crippen LogP contribution in [0.15, 0.2) is 12.7 Å². The number of hydrogen-bond donors (Lipinski definition) is 2. The average molecular weight is 297 g/mol. The maximum Gasteiger partial charge on any atom is 0.237 e. The fourth-order valence-corrected chi connectivity index (χ4v) is 2.81. The maximum atomic E-state index is 11.9. The predicted molar refractivity (Wildman–Crippen MR) is 86.1 cm³/mol. The number of likely N-dealkylation sites (N-methyl/N-ethyl adjacent to an activating group) is 1. The highest BCUT2D eigenvalue weighted by Crippen LogP contribution is 2.19. The number of β-amino-alcohol motifs (C(OH)–C–C–N with tert-alkyl or cyclic N) is 1. The van der Waals surface area contributed by atoms with Crippen LogP contribution in [0.1, 0.15) is 26.7 Å². The molecule has 0 saturated carbocycles. The second-order valence-electron chi connectivity index (χ2n) is 6.24. The Morgan fingerprint density at radius 1 is 1.48 bits per heavy atom. The van der Waals surface area contributed by atoms with Gasteiger partial charge in [0.05, 0.1) is 12.1 Å². The zero-order valence-electron chi connectivity index (χ0n) is 13.7. The maximum absolute atomic E-state index is 11.9. The van der Waals surface area contributed by atoms with E-state index in [1.165, 1.54) is 0 Å². The molecule has 0 spiro atoms. The second-order valence-corrected chi connectivity index (χ2v) is 6.24. The Hall–Kier alpha value is -0.910. The molecule has 5 heteroatoms. The highest BCUT2D eigenvalue weighted by atomic mass is 16.3. The van der Waals surface area contributed by atoms with Crippen LogP contribution < -0.4 is 5.32 Å². The van der Waals surface area contributed by atoms with Crippen molar-refractivity contribution in [3.8, 4) is 0 Å². The summed E-state index contributed by atoms with van der Waals surface area (Å²) in [6.07, 6.45) is 3.72. The smallest absolute Gasteiger partial charge is 0.237 e. The van der Waals surface area contributed by atoms with Crippen LogP contribution in [-0.4, -0.2) is 72.7 Å². The lowest BCUT2D eigenvalue weighted by Gasteiger charge is -2.35. The topological polar surface area (TPSA) is 55.8 Å². The Balaban J connectivity index is 2.30. The molecule has 122 valence electrons. The molecule has 1 rings (SSSR count). The fourth-order valence-electron chi connectivity index (χ4n) is 2.81. The van der Waals surface area contributed by atoms with Gasteiger partial charge in [0.2, 0.25) is 5.91 Å². The quantitative estimate of drug-likeness (QED) is 0.648. The van der Waals surface area contributed by atoms with Gasteiger partial charge in [-0.05, 0) is 52.7 Å². The van der Waals surface area contributed by atoms with Gasteiger partial charge in [-0.25, -0.2) is 0 Å². The molecule has 1 heterocycles. The number of amides is 1. The number of carbonyl (C=O) groups is 1. The number of aliphatic hydroxyl groups is 1. The molecule has 2 N–H and O–H groups in total. The summed E-state index contributed by atoms with van der Waals surface area (Å²) in [5.41, 5.74) is 0. The molecule has 0 aromatic carbocycles. The largest absolute Gasteiger partial charge is 0.392 e. The molecule has 1 aliphatic rings. The minimum Gasteiger partial charge on any atom is -0.392 e. The Morgan fingerprint density at radius 2 is 2.10 bits per heavy atom. The molecule has 0 bridgehead atoms. The molecule has 5 nitrogen and oxygen atoms in total. The third kappa shape index (κ3) is 6.59. The third-order valence-corrected chi connectivity index (χ3v) is 4.24. The summed E-state index contributed by atoms with van der Waals surface area (Å²) in [5.74, 6) is 0.693. The van der Waals surface area contributed by atoms with Crippen LogP contribution in [0.3, 0.4) is 0 Å². The van der Waals surface area contributed by atoms with Crippen molar-refractivity contribution in [1.29, 1.82) is 0 Å². The standard InChI is InChI=1S/C16H31N3O2/c1-5-8-17-16(21)14(3)18(4)12-15-6-9-19(10-7-15)11-13(2)20/h5,13-15,20H,1,6-12H2,2-4H3,(H,17,21)/t13-,14-/m1/s1. The van der Waals surface area contributed by atoms with E-state index in [2.05, 4.69) is 21.7 Å². The second kappa shape index (κ2) is 9.18. The SMILES string of the molecule is C=CCNC(=O)[C@@H](C)N(C)CC1CCN(C[C@@H](C)O)CC1. The van der Waals surface area contributed by atoms with Crippen molar-refractivity contribution < 1.29 is 9.90 Å². The van der Waals surface area contributed by atoms with Crippen molar-refractivity contribution in [3.05, 3.63) is 12.7 Å². The van der Waals surface area contributed by atoms with E-state index in [0.717, 1.165) is 39.0 Å². The van der Waals surface area contributed by atoms with E-state index in [4.69, 9.17) is 0 Å². The summed E-state index contributed by atoms with van der Waals surface area (Å²) in [4.78, 5) is 16.4. The van der Waals surface area contributed by atoms with Crippen molar-refractivity contribution in [3.63, 3.8) is 0 Å². The number of carbonyl (C=O) groups excluding carboxylic acids is 1. The highest BCUT2D eigenvalue weighted by Gasteiger charge is 2.24. The van der Waals surface area contributed by atoms with Gasteiger partial charge in [-0.15, -0.1) is 6.58 Å². The monoisotopic (exact) mass is 297 g/mol. The molecule has 1 amide bonds. The van der Waals surface area contributed by atoms with Crippen molar-refractivity contribution in [2.75, 3.05) is 39.8 Å². The minimum absolute atomic E-state index is 0.0592. The Kier molecular flexibility index (Phi) is 7.93. The molecule has 0 aliphatic carbocycles. The summed E-state index contributed by atoms with van der Waals surface area (Å²) in [7, 11) is 2.01. The van der Waals surface area contributed by atoms with Crippen molar-refractivity contribution in [2.45, 2.75) is 38.8 Å². The first-order valence-electron chi connectivity index (χ1n) is 7.93. The van der Waals surface area contributed by atoms with Gasteiger partial charge in [0.1, 0.15) is 0 Å². The van der Waals surface area contributed by atoms with Gasteiger partial charge in [-0.3, -0.25) is 9.69 Å². The Morgan fingerprint density at radius 3 is 2.62 bits per heavy atom. The lowest BCUT2D eigenvalue weighted by Crippen LogP contribution is -2.46. The molecule has 1 saturated heterocycles. The van der Waals surface area contributed by atoms with Gasteiger partial charge in [0.15, 0.2) is 0 Å². The first kappa shape index (κ1) is 18.1. The molecule has 0 aromatic heterocycles. The summed E-state index contributed by atoms with van der Waals surface area (Å²) in [6, 6.07) is -0.111. The van der Waals surface area contributed by atoms with Gasteiger partial charge >= 0.3 is 0 Å². The molecular formula is C16H31N3O2. The van der Waals surface area contributed by atoms with Gasteiger partial charge in [0, 0.05) is 19.6 Å². The fraction of sp³-hybridized carbons (Fsp3) is 0.812. The number of aliphatic hydroxyl groups excluding tert-OH is 1. The van der Waals surface area contributed by atoms with Crippen LogP contribution in [0.2, 0.25) is 0 Å². The molecular weight excluding hydrogens is 266 g/mol. The molecule has 1 aliphatic heterocycles. The van der Waals surface area contributed by atoms with Crippen LogP contribution in [0, 0.1) is 5.92 Å². The molecule has 0 aromatic rings. The van der Waals surface area contributed by atoms with Crippen LogP contribution >= 0.6 is 0 Å². The van der Waals surface area contributed by atoms with E-state index in [0.29, 0.717) is 12.5 Å². The molecule has 0 radical (unpaired) electrons. The normalized spacial score (nSPS) is 20.2. The molecule has 1 fully saturated rings. The van der Waals surface area contributed by atoms with Crippen molar-refractivity contribution in [2.24, 2.45) is 5.92 Å². The number of hydrogen-bond acceptors (Lipinski definition) is 4. The van der Waals surface area contributed by atoms with Crippen LogP contribution in [0.25, 0.3) is 0 Å². The summed E-state index contributed by atoms with van der Waals surface area (Å²) in [5, 5.41) is 12.3. The summed E-state index contributed by atoms with van der Waals surface area (Å²) in [6.45, 7) is 11.7.